The van der Waals surface area contributed by atoms with E-state index in [1.54, 1.807) is 0 Å². The lowest BCUT2D eigenvalue weighted by molar-refractivity contribution is -0.137. The quantitative estimate of drug-likeness (QED) is 0.809. The van der Waals surface area contributed by atoms with E-state index < -0.39 is 22.7 Å². The summed E-state index contributed by atoms with van der Waals surface area (Å²) in [6.45, 7) is 0. The maximum atomic E-state index is 12.6. The summed E-state index contributed by atoms with van der Waals surface area (Å²) < 4.78 is 42.3. The molecule has 1 aromatic heterocycles. The fourth-order valence-corrected chi connectivity index (χ4v) is 1.93. The van der Waals surface area contributed by atoms with E-state index in [-0.39, 0.29) is 11.1 Å². The SMILES string of the molecule is COC(=O)c1cc2c(Cl)c(C(F)(F)F)ccc2[nH]1. The van der Waals surface area contributed by atoms with Gasteiger partial charge >= 0.3 is 12.1 Å². The molecule has 0 radical (unpaired) electrons. The number of hydrogen-bond donors (Lipinski definition) is 1. The van der Waals surface area contributed by atoms with Gasteiger partial charge in [-0.15, -0.1) is 0 Å². The number of carbonyl (C=O) groups is 1. The fraction of sp³-hybridized carbons (Fsp3) is 0.182. The monoisotopic (exact) mass is 277 g/mol. The van der Waals surface area contributed by atoms with Gasteiger partial charge in [0.1, 0.15) is 5.69 Å². The van der Waals surface area contributed by atoms with Gasteiger partial charge in [0.05, 0.1) is 17.7 Å². The highest BCUT2D eigenvalue weighted by atomic mass is 35.5. The number of benzene rings is 1. The first kappa shape index (κ1) is 12.8. The Balaban J connectivity index is 2.64. The number of fused-ring (bicyclic) bond motifs is 1. The Labute approximate surface area is 104 Å². The van der Waals surface area contributed by atoms with Gasteiger partial charge in [0.2, 0.25) is 0 Å². The van der Waals surface area contributed by atoms with Crippen LogP contribution in [0.3, 0.4) is 0 Å². The highest BCUT2D eigenvalue weighted by molar-refractivity contribution is 6.36. The van der Waals surface area contributed by atoms with Crippen molar-refractivity contribution >= 4 is 28.5 Å². The van der Waals surface area contributed by atoms with Crippen molar-refractivity contribution in [2.75, 3.05) is 7.11 Å². The predicted molar refractivity (Wildman–Crippen MR) is 59.7 cm³/mol. The standard InChI is InChI=1S/C11H7ClF3NO2/c1-18-10(17)8-4-5-7(16-8)3-2-6(9(5)12)11(13,14)15/h2-4,16H,1H3. The lowest BCUT2D eigenvalue weighted by Crippen LogP contribution is -2.05. The van der Waals surface area contributed by atoms with Crippen molar-refractivity contribution in [3.05, 3.63) is 34.5 Å². The molecule has 7 heteroatoms. The number of aromatic nitrogens is 1. The topological polar surface area (TPSA) is 42.1 Å². The van der Waals surface area contributed by atoms with E-state index in [0.717, 1.165) is 6.07 Å². The second-order valence-electron chi connectivity index (χ2n) is 3.56. The summed E-state index contributed by atoms with van der Waals surface area (Å²) in [4.78, 5) is 13.9. The normalized spacial score (nSPS) is 11.8. The lowest BCUT2D eigenvalue weighted by atomic mass is 10.1. The largest absolute Gasteiger partial charge is 0.464 e. The molecular weight excluding hydrogens is 271 g/mol. The summed E-state index contributed by atoms with van der Waals surface area (Å²) in [6, 6.07) is 3.32. The molecular formula is C11H7ClF3NO2. The summed E-state index contributed by atoms with van der Waals surface area (Å²) >= 11 is 5.70. The number of hydrogen-bond acceptors (Lipinski definition) is 2. The number of halogens is 4. The van der Waals surface area contributed by atoms with Crippen molar-refractivity contribution in [2.45, 2.75) is 6.18 Å². The molecule has 0 saturated heterocycles. The first-order valence-corrected chi connectivity index (χ1v) is 5.19. The van der Waals surface area contributed by atoms with Crippen molar-refractivity contribution in [3.63, 3.8) is 0 Å². The number of nitrogens with one attached hydrogen (secondary N) is 1. The average Bonchev–Trinajstić information content (AvgIpc) is 2.71. The molecule has 2 aromatic rings. The van der Waals surface area contributed by atoms with E-state index in [0.29, 0.717) is 5.52 Å². The number of ether oxygens (including phenoxy) is 1. The van der Waals surface area contributed by atoms with Crippen LogP contribution in [0, 0.1) is 0 Å². The molecule has 0 aliphatic carbocycles. The average molecular weight is 278 g/mol. The van der Waals surface area contributed by atoms with E-state index in [2.05, 4.69) is 9.72 Å². The Morgan fingerprint density at radius 2 is 2.06 bits per heavy atom. The third-order valence-electron chi connectivity index (χ3n) is 2.45. The van der Waals surface area contributed by atoms with Crippen LogP contribution < -0.4 is 0 Å². The highest BCUT2D eigenvalue weighted by Crippen LogP contribution is 2.38. The van der Waals surface area contributed by atoms with Crippen LogP contribution in [0.4, 0.5) is 13.2 Å². The Morgan fingerprint density at radius 1 is 1.39 bits per heavy atom. The molecule has 0 aliphatic rings. The molecule has 18 heavy (non-hydrogen) atoms. The lowest BCUT2D eigenvalue weighted by Gasteiger charge is -2.08. The van der Waals surface area contributed by atoms with Crippen molar-refractivity contribution in [1.82, 2.24) is 4.98 Å². The fourth-order valence-electron chi connectivity index (χ4n) is 1.61. The second-order valence-corrected chi connectivity index (χ2v) is 3.94. The van der Waals surface area contributed by atoms with Gasteiger partial charge in [-0.25, -0.2) is 4.79 Å². The first-order chi connectivity index (χ1) is 8.34. The van der Waals surface area contributed by atoms with Crippen LogP contribution in [-0.2, 0) is 10.9 Å². The smallest absolute Gasteiger partial charge is 0.417 e. The van der Waals surface area contributed by atoms with E-state index >= 15 is 0 Å². The number of rotatable bonds is 1. The Bertz CT molecular complexity index is 619. The summed E-state index contributed by atoms with van der Waals surface area (Å²) in [7, 11) is 1.18. The summed E-state index contributed by atoms with van der Waals surface area (Å²) in [5.41, 5.74) is -0.547. The number of esters is 1. The van der Waals surface area contributed by atoms with Gasteiger partial charge in [-0.1, -0.05) is 11.6 Å². The maximum Gasteiger partial charge on any atom is 0.417 e. The van der Waals surface area contributed by atoms with Crippen LogP contribution >= 0.6 is 11.6 Å². The molecule has 0 unspecified atom stereocenters. The number of carbonyl (C=O) groups excluding carboxylic acids is 1. The summed E-state index contributed by atoms with van der Waals surface area (Å²) in [6.07, 6.45) is -4.53. The highest BCUT2D eigenvalue weighted by Gasteiger charge is 2.34. The van der Waals surface area contributed by atoms with Crippen LogP contribution in [0.5, 0.6) is 0 Å². The van der Waals surface area contributed by atoms with Crippen molar-refractivity contribution < 1.29 is 22.7 Å². The van der Waals surface area contributed by atoms with Crippen LogP contribution in [0.15, 0.2) is 18.2 Å². The van der Waals surface area contributed by atoms with Crippen molar-refractivity contribution in [2.24, 2.45) is 0 Å². The zero-order valence-electron chi connectivity index (χ0n) is 9.06. The Kier molecular flexibility index (Phi) is 2.98. The third kappa shape index (κ3) is 2.03. The van der Waals surface area contributed by atoms with Gasteiger partial charge in [-0.3, -0.25) is 0 Å². The molecule has 0 saturated carbocycles. The molecule has 96 valence electrons. The van der Waals surface area contributed by atoms with Gasteiger partial charge in [-0.2, -0.15) is 13.2 Å². The minimum atomic E-state index is -4.53. The molecule has 0 atom stereocenters. The zero-order chi connectivity index (χ0) is 13.5. The van der Waals surface area contributed by atoms with Gasteiger partial charge < -0.3 is 9.72 Å². The number of alkyl halides is 3. The van der Waals surface area contributed by atoms with Crippen LogP contribution in [0.1, 0.15) is 16.1 Å². The van der Waals surface area contributed by atoms with E-state index in [4.69, 9.17) is 11.6 Å². The van der Waals surface area contributed by atoms with Crippen molar-refractivity contribution in [3.8, 4) is 0 Å². The molecule has 1 N–H and O–H groups in total. The summed E-state index contributed by atoms with van der Waals surface area (Å²) in [5, 5.41) is -0.307. The number of aromatic amines is 1. The molecule has 0 bridgehead atoms. The zero-order valence-corrected chi connectivity index (χ0v) is 9.82. The second kappa shape index (κ2) is 4.20. The molecule has 3 nitrogen and oxygen atoms in total. The number of methoxy groups -OCH3 is 1. The minimum absolute atomic E-state index is 0.0497. The van der Waals surface area contributed by atoms with Crippen LogP contribution in [-0.4, -0.2) is 18.1 Å². The van der Waals surface area contributed by atoms with Crippen LogP contribution in [0.2, 0.25) is 5.02 Å². The van der Waals surface area contributed by atoms with Crippen molar-refractivity contribution in [1.29, 1.82) is 0 Å². The molecule has 1 heterocycles. The maximum absolute atomic E-state index is 12.6. The Morgan fingerprint density at radius 3 is 2.61 bits per heavy atom. The van der Waals surface area contributed by atoms with Gasteiger partial charge in [0.25, 0.3) is 0 Å². The Hall–Kier alpha value is -1.69. The van der Waals surface area contributed by atoms with E-state index in [1.807, 2.05) is 0 Å². The summed E-state index contributed by atoms with van der Waals surface area (Å²) in [5.74, 6) is -0.671. The molecule has 1 aromatic carbocycles. The van der Waals surface area contributed by atoms with Crippen LogP contribution in [0.25, 0.3) is 10.9 Å². The van der Waals surface area contributed by atoms with Gasteiger partial charge in [0.15, 0.2) is 0 Å². The third-order valence-corrected chi connectivity index (χ3v) is 2.86. The van der Waals surface area contributed by atoms with Gasteiger partial charge in [-0.05, 0) is 18.2 Å². The van der Waals surface area contributed by atoms with E-state index in [1.165, 1.54) is 19.2 Å². The molecule has 2 rings (SSSR count). The predicted octanol–water partition coefficient (Wildman–Crippen LogP) is 3.63. The molecule has 0 aliphatic heterocycles. The molecule has 0 amide bonds. The minimum Gasteiger partial charge on any atom is -0.464 e. The molecule has 0 spiro atoms. The first-order valence-electron chi connectivity index (χ1n) is 4.81. The molecule has 0 fully saturated rings. The number of H-pyrrole nitrogens is 1. The van der Waals surface area contributed by atoms with E-state index in [9.17, 15) is 18.0 Å². The van der Waals surface area contributed by atoms with Gasteiger partial charge in [0, 0.05) is 10.9 Å².